The van der Waals surface area contributed by atoms with Crippen molar-refractivity contribution in [3.8, 4) is 18.0 Å². The summed E-state index contributed by atoms with van der Waals surface area (Å²) < 4.78 is 0. The monoisotopic (exact) mass is 169 g/mol. The van der Waals surface area contributed by atoms with E-state index in [1.54, 1.807) is 6.20 Å². The third kappa shape index (κ3) is 1.42. The van der Waals surface area contributed by atoms with E-state index in [1.807, 2.05) is 30.3 Å². The first-order valence-electron chi connectivity index (χ1n) is 3.84. The molecule has 1 heterocycles. The molecule has 1 aromatic heterocycles. The summed E-state index contributed by atoms with van der Waals surface area (Å²) in [4.78, 5) is 1.51. The lowest BCUT2D eigenvalue weighted by Crippen LogP contribution is -1.97. The Kier molecular flexibility index (Phi) is 1.81. The van der Waals surface area contributed by atoms with Crippen LogP contribution in [-0.4, -0.2) is 15.0 Å². The molecule has 0 aliphatic carbocycles. The second-order valence-electron chi connectivity index (χ2n) is 2.50. The molecule has 0 aliphatic rings. The Hall–Kier alpha value is -2.08. The van der Waals surface area contributed by atoms with Crippen molar-refractivity contribution in [2.24, 2.45) is 0 Å². The molecule has 2 aromatic rings. The maximum atomic E-state index is 5.18. The molecule has 62 valence electrons. The molecule has 1 aromatic carbocycles. The van der Waals surface area contributed by atoms with E-state index < -0.39 is 0 Å². The van der Waals surface area contributed by atoms with Crippen LogP contribution in [-0.2, 0) is 0 Å². The molecule has 0 N–H and O–H groups in total. The maximum Gasteiger partial charge on any atom is 0.155 e. The van der Waals surface area contributed by atoms with E-state index in [2.05, 4.69) is 16.1 Å². The molecule has 2 rings (SSSR count). The average Bonchev–Trinajstić information content (AvgIpc) is 2.67. The lowest BCUT2D eigenvalue weighted by molar-refractivity contribution is 0.750. The number of hydrogen-bond acceptors (Lipinski definition) is 2. The Morgan fingerprint density at radius 3 is 2.62 bits per heavy atom. The Labute approximate surface area is 76.0 Å². The minimum atomic E-state index is 0.545. The standard InChI is InChI=1S/C10H7N3/c1-2-9-8-11-13(12-9)10-6-4-3-5-7-10/h1,3-8H. The summed E-state index contributed by atoms with van der Waals surface area (Å²) in [5, 5.41) is 8.09. The predicted molar refractivity (Wildman–Crippen MR) is 49.3 cm³/mol. The average molecular weight is 169 g/mol. The topological polar surface area (TPSA) is 30.7 Å². The predicted octanol–water partition coefficient (Wildman–Crippen LogP) is 1.25. The number of hydrogen-bond donors (Lipinski definition) is 0. The lowest BCUT2D eigenvalue weighted by atomic mass is 10.3. The number of nitrogens with zero attached hydrogens (tertiary/aromatic N) is 3. The first-order chi connectivity index (χ1) is 6.40. The van der Waals surface area contributed by atoms with Crippen LogP contribution in [0.4, 0.5) is 0 Å². The van der Waals surface area contributed by atoms with E-state index in [0.717, 1.165) is 5.69 Å². The zero-order chi connectivity index (χ0) is 9.10. The van der Waals surface area contributed by atoms with Crippen molar-refractivity contribution in [3.63, 3.8) is 0 Å². The molecular formula is C10H7N3. The van der Waals surface area contributed by atoms with Gasteiger partial charge in [-0.2, -0.15) is 9.90 Å². The number of terminal acetylenes is 1. The third-order valence-electron chi connectivity index (χ3n) is 1.63. The van der Waals surface area contributed by atoms with Crippen molar-refractivity contribution in [1.82, 2.24) is 15.0 Å². The van der Waals surface area contributed by atoms with Crippen molar-refractivity contribution in [3.05, 3.63) is 42.2 Å². The minimum Gasteiger partial charge on any atom is -0.155 e. The molecule has 0 aliphatic heterocycles. The first kappa shape index (κ1) is 7.56. The summed E-state index contributed by atoms with van der Waals surface area (Å²) in [7, 11) is 0. The highest BCUT2D eigenvalue weighted by Crippen LogP contribution is 2.03. The second-order valence-corrected chi connectivity index (χ2v) is 2.50. The van der Waals surface area contributed by atoms with Gasteiger partial charge in [-0.25, -0.2) is 0 Å². The van der Waals surface area contributed by atoms with Gasteiger partial charge in [0, 0.05) is 0 Å². The fourth-order valence-electron chi connectivity index (χ4n) is 1.01. The van der Waals surface area contributed by atoms with Crippen molar-refractivity contribution < 1.29 is 0 Å². The molecule has 0 radical (unpaired) electrons. The van der Waals surface area contributed by atoms with Gasteiger partial charge in [0.15, 0.2) is 5.69 Å². The van der Waals surface area contributed by atoms with Gasteiger partial charge >= 0.3 is 0 Å². The first-order valence-corrected chi connectivity index (χ1v) is 3.84. The van der Waals surface area contributed by atoms with Crippen LogP contribution in [0.3, 0.4) is 0 Å². The van der Waals surface area contributed by atoms with Crippen LogP contribution in [0, 0.1) is 12.3 Å². The van der Waals surface area contributed by atoms with Crippen LogP contribution in [0.25, 0.3) is 5.69 Å². The van der Waals surface area contributed by atoms with Gasteiger partial charge in [0.25, 0.3) is 0 Å². The van der Waals surface area contributed by atoms with Gasteiger partial charge in [-0.05, 0) is 18.1 Å². The Balaban J connectivity index is 2.43. The number of para-hydroxylation sites is 1. The van der Waals surface area contributed by atoms with Crippen LogP contribution in [0.2, 0.25) is 0 Å². The maximum absolute atomic E-state index is 5.18. The second kappa shape index (κ2) is 3.11. The fraction of sp³-hybridized carbons (Fsp3) is 0. The van der Waals surface area contributed by atoms with E-state index in [4.69, 9.17) is 6.42 Å². The molecule has 3 nitrogen and oxygen atoms in total. The van der Waals surface area contributed by atoms with E-state index in [-0.39, 0.29) is 0 Å². The van der Waals surface area contributed by atoms with E-state index in [1.165, 1.54) is 4.80 Å². The SMILES string of the molecule is C#Cc1cnn(-c2ccccc2)n1. The fourth-order valence-corrected chi connectivity index (χ4v) is 1.01. The van der Waals surface area contributed by atoms with Gasteiger partial charge < -0.3 is 0 Å². The molecule has 3 heteroatoms. The summed E-state index contributed by atoms with van der Waals surface area (Å²) in [5.74, 6) is 2.42. The summed E-state index contributed by atoms with van der Waals surface area (Å²) in [6, 6.07) is 9.62. The van der Waals surface area contributed by atoms with Gasteiger partial charge in [-0.1, -0.05) is 18.2 Å². The van der Waals surface area contributed by atoms with Crippen LogP contribution in [0.1, 0.15) is 5.69 Å². The zero-order valence-corrected chi connectivity index (χ0v) is 6.88. The van der Waals surface area contributed by atoms with E-state index >= 15 is 0 Å². The number of benzene rings is 1. The van der Waals surface area contributed by atoms with Gasteiger partial charge in [0.05, 0.1) is 11.9 Å². The Morgan fingerprint density at radius 2 is 2.00 bits per heavy atom. The molecule has 0 saturated carbocycles. The van der Waals surface area contributed by atoms with Gasteiger partial charge in [-0.15, -0.1) is 11.5 Å². The Morgan fingerprint density at radius 1 is 1.23 bits per heavy atom. The zero-order valence-electron chi connectivity index (χ0n) is 6.88. The highest BCUT2D eigenvalue weighted by atomic mass is 15.5. The van der Waals surface area contributed by atoms with Crippen LogP contribution in [0.5, 0.6) is 0 Å². The number of aromatic nitrogens is 3. The highest BCUT2D eigenvalue weighted by molar-refractivity contribution is 5.29. The van der Waals surface area contributed by atoms with Gasteiger partial charge in [0.1, 0.15) is 0 Å². The summed E-state index contributed by atoms with van der Waals surface area (Å²) in [6.07, 6.45) is 6.74. The molecule has 0 atom stereocenters. The van der Waals surface area contributed by atoms with Crippen LogP contribution in [0.15, 0.2) is 36.5 Å². The Bertz CT molecular complexity index is 437. The van der Waals surface area contributed by atoms with Gasteiger partial charge in [0.2, 0.25) is 0 Å². The van der Waals surface area contributed by atoms with Gasteiger partial charge in [-0.3, -0.25) is 0 Å². The molecule has 0 saturated heterocycles. The molecule has 0 bridgehead atoms. The minimum absolute atomic E-state index is 0.545. The van der Waals surface area contributed by atoms with E-state index in [9.17, 15) is 0 Å². The van der Waals surface area contributed by atoms with Crippen molar-refractivity contribution in [2.75, 3.05) is 0 Å². The smallest absolute Gasteiger partial charge is 0.155 e. The van der Waals surface area contributed by atoms with E-state index in [0.29, 0.717) is 5.69 Å². The largest absolute Gasteiger partial charge is 0.155 e. The molecule has 13 heavy (non-hydrogen) atoms. The summed E-state index contributed by atoms with van der Waals surface area (Å²) in [6.45, 7) is 0. The molecule has 0 fully saturated rings. The lowest BCUT2D eigenvalue weighted by Gasteiger charge is -1.95. The summed E-state index contributed by atoms with van der Waals surface area (Å²) >= 11 is 0. The van der Waals surface area contributed by atoms with Crippen molar-refractivity contribution >= 4 is 0 Å². The normalized spacial score (nSPS) is 9.46. The molecule has 0 amide bonds. The van der Waals surface area contributed by atoms with Crippen molar-refractivity contribution in [2.45, 2.75) is 0 Å². The highest BCUT2D eigenvalue weighted by Gasteiger charge is 1.98. The molecular weight excluding hydrogens is 162 g/mol. The number of rotatable bonds is 1. The molecule has 0 unspecified atom stereocenters. The van der Waals surface area contributed by atoms with Crippen molar-refractivity contribution in [1.29, 1.82) is 0 Å². The van der Waals surface area contributed by atoms with Crippen LogP contribution < -0.4 is 0 Å². The quantitative estimate of drug-likeness (QED) is 0.601. The summed E-state index contributed by atoms with van der Waals surface area (Å²) in [5.41, 5.74) is 1.45. The third-order valence-corrected chi connectivity index (χ3v) is 1.63. The molecule has 0 spiro atoms. The van der Waals surface area contributed by atoms with Crippen LogP contribution >= 0.6 is 0 Å².